The molecule has 184 valence electrons. The molecule has 4 aliphatic rings. The van der Waals surface area contributed by atoms with E-state index >= 15 is 0 Å². The van der Waals surface area contributed by atoms with Crippen LogP contribution in [0.15, 0.2) is 36.4 Å². The first-order valence-corrected chi connectivity index (χ1v) is 12.8. The molecule has 34 heavy (non-hydrogen) atoms. The van der Waals surface area contributed by atoms with Gasteiger partial charge in [0.05, 0.1) is 27.4 Å². The first-order valence-electron chi connectivity index (χ1n) is 12.8. The molecule has 4 heterocycles. The second-order valence-electron chi connectivity index (χ2n) is 9.55. The van der Waals surface area contributed by atoms with Crippen molar-refractivity contribution in [3.05, 3.63) is 58.7 Å². The summed E-state index contributed by atoms with van der Waals surface area (Å²) in [7, 11) is 3.48. The minimum Gasteiger partial charge on any atom is -0.496 e. The van der Waals surface area contributed by atoms with Gasteiger partial charge in [0.15, 0.2) is 0 Å². The monoisotopic (exact) mass is 466 g/mol. The first-order chi connectivity index (χ1) is 16.8. The van der Waals surface area contributed by atoms with Crippen LogP contribution in [0.4, 0.5) is 0 Å². The van der Waals surface area contributed by atoms with Crippen LogP contribution in [0.2, 0.25) is 0 Å². The lowest BCUT2D eigenvalue weighted by molar-refractivity contribution is 0.0181. The number of hydrogen-bond donors (Lipinski definition) is 2. The van der Waals surface area contributed by atoms with Gasteiger partial charge in [0, 0.05) is 23.2 Å². The second kappa shape index (κ2) is 11.1. The maximum atomic E-state index is 5.99. The Labute approximate surface area is 203 Å². The van der Waals surface area contributed by atoms with Gasteiger partial charge in [-0.3, -0.25) is 0 Å². The summed E-state index contributed by atoms with van der Waals surface area (Å²) in [6.07, 6.45) is 7.20. The van der Waals surface area contributed by atoms with Gasteiger partial charge >= 0.3 is 0 Å². The van der Waals surface area contributed by atoms with E-state index in [1.54, 1.807) is 14.2 Å². The topological polar surface area (TPSA) is 61.0 Å². The Hall–Kier alpha value is -2.12. The van der Waals surface area contributed by atoms with Crippen molar-refractivity contribution in [3.8, 4) is 11.5 Å². The summed E-state index contributed by atoms with van der Waals surface area (Å²) in [5.74, 6) is 1.95. The molecule has 6 rings (SSSR count). The SMILES string of the molecule is COc1cccc2c1[C@@H]([C@H]1CCCN1)OCC2.COc1cccc2c1[C@H]([C@H]1CCCN1)OCC2. The molecule has 0 aromatic heterocycles. The van der Waals surface area contributed by atoms with Gasteiger partial charge in [0.1, 0.15) is 23.7 Å². The normalized spacial score (nSPS) is 27.8. The lowest BCUT2D eigenvalue weighted by atomic mass is 9.91. The molecule has 4 atom stereocenters. The summed E-state index contributed by atoms with van der Waals surface area (Å²) in [5.41, 5.74) is 5.30. The number of benzene rings is 2. The zero-order valence-electron chi connectivity index (χ0n) is 20.5. The van der Waals surface area contributed by atoms with E-state index in [-0.39, 0.29) is 12.2 Å². The quantitative estimate of drug-likeness (QED) is 0.707. The third kappa shape index (κ3) is 4.82. The molecule has 0 saturated carbocycles. The minimum atomic E-state index is 0.164. The number of fused-ring (bicyclic) bond motifs is 2. The van der Waals surface area contributed by atoms with Crippen molar-refractivity contribution in [1.29, 1.82) is 0 Å². The molecule has 2 aromatic rings. The van der Waals surface area contributed by atoms with Crippen LogP contribution >= 0.6 is 0 Å². The third-order valence-corrected chi connectivity index (χ3v) is 7.59. The van der Waals surface area contributed by atoms with Gasteiger partial charge in [-0.15, -0.1) is 0 Å². The van der Waals surface area contributed by atoms with Crippen molar-refractivity contribution in [2.45, 2.75) is 62.8 Å². The number of methoxy groups -OCH3 is 2. The molecule has 2 fully saturated rings. The van der Waals surface area contributed by atoms with Crippen LogP contribution in [-0.4, -0.2) is 52.6 Å². The molecule has 4 aliphatic heterocycles. The molecule has 0 unspecified atom stereocenters. The maximum Gasteiger partial charge on any atom is 0.125 e. The summed E-state index contributed by atoms with van der Waals surface area (Å²) in [6.45, 7) is 3.86. The van der Waals surface area contributed by atoms with Crippen LogP contribution < -0.4 is 20.1 Å². The molecule has 2 aromatic carbocycles. The number of ether oxygens (including phenoxy) is 4. The molecule has 0 amide bonds. The molecule has 0 radical (unpaired) electrons. The highest BCUT2D eigenvalue weighted by atomic mass is 16.5. The Kier molecular flexibility index (Phi) is 7.70. The predicted octanol–water partition coefficient (Wildman–Crippen LogP) is 4.12. The van der Waals surface area contributed by atoms with E-state index in [9.17, 15) is 0 Å². The number of hydrogen-bond acceptors (Lipinski definition) is 6. The second-order valence-corrected chi connectivity index (χ2v) is 9.55. The van der Waals surface area contributed by atoms with E-state index in [1.807, 2.05) is 12.1 Å². The summed E-state index contributed by atoms with van der Waals surface area (Å²) in [5, 5.41) is 7.08. The molecule has 0 spiro atoms. The Morgan fingerprint density at radius 3 is 1.56 bits per heavy atom. The minimum absolute atomic E-state index is 0.164. The van der Waals surface area contributed by atoms with E-state index < -0.39 is 0 Å². The molecule has 2 N–H and O–H groups in total. The van der Waals surface area contributed by atoms with E-state index in [1.165, 1.54) is 47.9 Å². The van der Waals surface area contributed by atoms with Crippen LogP contribution in [0.25, 0.3) is 0 Å². The fraction of sp³-hybridized carbons (Fsp3) is 0.571. The fourth-order valence-corrected chi connectivity index (χ4v) is 5.95. The van der Waals surface area contributed by atoms with Gasteiger partial charge in [0.2, 0.25) is 0 Å². The van der Waals surface area contributed by atoms with E-state index in [0.717, 1.165) is 50.6 Å². The molecule has 2 saturated heterocycles. The van der Waals surface area contributed by atoms with Gasteiger partial charge in [-0.25, -0.2) is 0 Å². The van der Waals surface area contributed by atoms with Gasteiger partial charge in [-0.2, -0.15) is 0 Å². The molecular formula is C28H38N2O4. The van der Waals surface area contributed by atoms with E-state index in [2.05, 4.69) is 34.9 Å². The van der Waals surface area contributed by atoms with Crippen LogP contribution in [0, 0.1) is 0 Å². The maximum absolute atomic E-state index is 5.99. The van der Waals surface area contributed by atoms with Crippen molar-refractivity contribution in [1.82, 2.24) is 10.6 Å². The third-order valence-electron chi connectivity index (χ3n) is 7.59. The van der Waals surface area contributed by atoms with E-state index in [0.29, 0.717) is 12.1 Å². The predicted molar refractivity (Wildman–Crippen MR) is 133 cm³/mol. The van der Waals surface area contributed by atoms with E-state index in [4.69, 9.17) is 18.9 Å². The zero-order chi connectivity index (χ0) is 23.3. The Balaban J connectivity index is 0.000000142. The van der Waals surface area contributed by atoms with Crippen molar-refractivity contribution in [2.24, 2.45) is 0 Å². The van der Waals surface area contributed by atoms with Gasteiger partial charge < -0.3 is 29.6 Å². The van der Waals surface area contributed by atoms with Gasteiger partial charge in [0.25, 0.3) is 0 Å². The van der Waals surface area contributed by atoms with Crippen molar-refractivity contribution in [3.63, 3.8) is 0 Å². The molecule has 0 aliphatic carbocycles. The highest BCUT2D eigenvalue weighted by Crippen LogP contribution is 2.39. The largest absolute Gasteiger partial charge is 0.496 e. The highest BCUT2D eigenvalue weighted by Gasteiger charge is 2.34. The molecule has 6 heteroatoms. The summed E-state index contributed by atoms with van der Waals surface area (Å²) < 4.78 is 23.0. The Bertz CT molecular complexity index is 847. The molecule has 6 nitrogen and oxygen atoms in total. The lowest BCUT2D eigenvalue weighted by Gasteiger charge is -2.31. The average molecular weight is 467 g/mol. The lowest BCUT2D eigenvalue weighted by Crippen LogP contribution is -2.34. The molecular weight excluding hydrogens is 428 g/mol. The standard InChI is InChI=1S/2C14H19NO2/c2*1-16-12-6-2-4-10-7-9-17-14(13(10)12)11-5-3-8-15-11/h2*2,4,6,11,14-15H,3,5,7-9H2,1H3/t11-,14+;11-,14-/m11/s1. The summed E-state index contributed by atoms with van der Waals surface area (Å²) >= 11 is 0. The van der Waals surface area contributed by atoms with Crippen molar-refractivity contribution >= 4 is 0 Å². The van der Waals surface area contributed by atoms with Crippen molar-refractivity contribution < 1.29 is 18.9 Å². The number of nitrogens with one attached hydrogen (secondary N) is 2. The van der Waals surface area contributed by atoms with Gasteiger partial charge in [-0.05, 0) is 74.9 Å². The average Bonchev–Trinajstić information content (AvgIpc) is 3.62. The van der Waals surface area contributed by atoms with Crippen LogP contribution in [0.1, 0.15) is 60.1 Å². The smallest absolute Gasteiger partial charge is 0.125 e. The van der Waals surface area contributed by atoms with Crippen LogP contribution in [0.3, 0.4) is 0 Å². The van der Waals surface area contributed by atoms with Crippen LogP contribution in [0.5, 0.6) is 11.5 Å². The Morgan fingerprint density at radius 2 is 1.18 bits per heavy atom. The fourth-order valence-electron chi connectivity index (χ4n) is 5.95. The highest BCUT2D eigenvalue weighted by molar-refractivity contribution is 5.45. The Morgan fingerprint density at radius 1 is 0.706 bits per heavy atom. The van der Waals surface area contributed by atoms with Crippen LogP contribution in [-0.2, 0) is 22.3 Å². The number of rotatable bonds is 4. The zero-order valence-corrected chi connectivity index (χ0v) is 20.5. The van der Waals surface area contributed by atoms with Gasteiger partial charge in [-0.1, -0.05) is 24.3 Å². The molecule has 0 bridgehead atoms. The summed E-state index contributed by atoms with van der Waals surface area (Å²) in [4.78, 5) is 0. The summed E-state index contributed by atoms with van der Waals surface area (Å²) in [6, 6.07) is 13.5. The van der Waals surface area contributed by atoms with Crippen molar-refractivity contribution in [2.75, 3.05) is 40.5 Å². The first kappa shape index (κ1) is 23.6.